The van der Waals surface area contributed by atoms with Gasteiger partial charge in [0.05, 0.1) is 18.1 Å². The van der Waals surface area contributed by atoms with Crippen molar-refractivity contribution in [3.63, 3.8) is 0 Å². The van der Waals surface area contributed by atoms with Crippen molar-refractivity contribution in [3.05, 3.63) is 0 Å². The second-order valence-electron chi connectivity index (χ2n) is 4.93. The molecule has 0 aromatic heterocycles. The Morgan fingerprint density at radius 3 is 2.87 bits per heavy atom. The molecule has 3 rings (SSSR count). The Kier molecular flexibility index (Phi) is 2.41. The van der Waals surface area contributed by atoms with Gasteiger partial charge in [-0.15, -0.1) is 0 Å². The Balaban J connectivity index is 1.59. The molecule has 0 aromatic rings. The molecule has 0 spiro atoms. The summed E-state index contributed by atoms with van der Waals surface area (Å²) < 4.78 is 5.74. The fourth-order valence-electron chi connectivity index (χ4n) is 2.68. The largest absolute Gasteiger partial charge is 0.371 e. The highest BCUT2D eigenvalue weighted by molar-refractivity contribution is 5.80. The fourth-order valence-corrected chi connectivity index (χ4v) is 2.68. The molecule has 1 saturated carbocycles. The van der Waals surface area contributed by atoms with Crippen molar-refractivity contribution in [2.24, 2.45) is 5.92 Å². The van der Waals surface area contributed by atoms with Gasteiger partial charge in [-0.3, -0.25) is 4.79 Å². The van der Waals surface area contributed by atoms with Crippen LogP contribution in [0.2, 0.25) is 0 Å². The summed E-state index contributed by atoms with van der Waals surface area (Å²) in [6.45, 7) is 1.74. The van der Waals surface area contributed by atoms with Gasteiger partial charge >= 0.3 is 0 Å². The Bertz CT molecular complexity index is 265. The van der Waals surface area contributed by atoms with Gasteiger partial charge in [0.15, 0.2) is 0 Å². The molecular formula is C11H18N2O2. The standard InChI is InChI=1S/C11H18N2O2/c14-11(13-7-2-1-3-7)9-4-8-5-12-6-10(9)15-8/h7-10,12H,1-6H2,(H,13,14)/t8-,9+,10-/m0/s1. The van der Waals surface area contributed by atoms with Crippen LogP contribution < -0.4 is 10.6 Å². The molecule has 2 aliphatic heterocycles. The minimum atomic E-state index is 0.0885. The van der Waals surface area contributed by atoms with Crippen LogP contribution in [0.1, 0.15) is 25.7 Å². The van der Waals surface area contributed by atoms with Gasteiger partial charge in [-0.2, -0.15) is 0 Å². The maximum Gasteiger partial charge on any atom is 0.226 e. The number of carbonyl (C=O) groups excluding carboxylic acids is 1. The van der Waals surface area contributed by atoms with Gasteiger partial charge in [0, 0.05) is 19.1 Å². The number of morpholine rings is 1. The molecule has 0 radical (unpaired) electrons. The lowest BCUT2D eigenvalue weighted by Crippen LogP contribution is -2.46. The molecule has 1 aliphatic carbocycles. The van der Waals surface area contributed by atoms with Crippen molar-refractivity contribution in [1.82, 2.24) is 10.6 Å². The quantitative estimate of drug-likeness (QED) is 0.676. The topological polar surface area (TPSA) is 50.4 Å². The van der Waals surface area contributed by atoms with Gasteiger partial charge < -0.3 is 15.4 Å². The second kappa shape index (κ2) is 3.76. The summed E-state index contributed by atoms with van der Waals surface area (Å²) in [6, 6.07) is 0.450. The fraction of sp³-hybridized carbons (Fsp3) is 0.909. The zero-order valence-electron chi connectivity index (χ0n) is 8.87. The first-order valence-electron chi connectivity index (χ1n) is 5.99. The summed E-state index contributed by atoms with van der Waals surface area (Å²) in [6.07, 6.45) is 4.86. The number of hydrogen-bond acceptors (Lipinski definition) is 3. The van der Waals surface area contributed by atoms with Crippen molar-refractivity contribution in [2.75, 3.05) is 13.1 Å². The molecule has 15 heavy (non-hydrogen) atoms. The molecule has 2 bridgehead atoms. The predicted octanol–water partition coefficient (Wildman–Crippen LogP) is 0.0320. The lowest BCUT2D eigenvalue weighted by molar-refractivity contribution is -0.128. The first-order valence-corrected chi connectivity index (χ1v) is 5.99. The number of carbonyl (C=O) groups is 1. The van der Waals surface area contributed by atoms with E-state index in [-0.39, 0.29) is 24.0 Å². The van der Waals surface area contributed by atoms with Crippen LogP contribution in [0.4, 0.5) is 0 Å². The van der Waals surface area contributed by atoms with E-state index in [1.54, 1.807) is 0 Å². The lowest BCUT2D eigenvalue weighted by Gasteiger charge is -2.29. The van der Waals surface area contributed by atoms with Crippen LogP contribution in [0.5, 0.6) is 0 Å². The monoisotopic (exact) mass is 210 g/mol. The van der Waals surface area contributed by atoms with Crippen molar-refractivity contribution < 1.29 is 9.53 Å². The van der Waals surface area contributed by atoms with Crippen LogP contribution in [0, 0.1) is 5.92 Å². The lowest BCUT2D eigenvalue weighted by atomic mass is 9.91. The first-order chi connectivity index (χ1) is 7.33. The summed E-state index contributed by atoms with van der Waals surface area (Å²) in [7, 11) is 0. The van der Waals surface area contributed by atoms with Crippen molar-refractivity contribution in [2.45, 2.75) is 43.9 Å². The van der Waals surface area contributed by atoms with E-state index in [2.05, 4.69) is 10.6 Å². The maximum atomic E-state index is 12.0. The molecule has 3 fully saturated rings. The van der Waals surface area contributed by atoms with E-state index in [4.69, 9.17) is 4.74 Å². The number of hydrogen-bond donors (Lipinski definition) is 2. The molecule has 2 saturated heterocycles. The van der Waals surface area contributed by atoms with Crippen molar-refractivity contribution >= 4 is 5.91 Å². The number of nitrogens with one attached hydrogen (secondary N) is 2. The van der Waals surface area contributed by atoms with Crippen LogP contribution in [-0.2, 0) is 9.53 Å². The van der Waals surface area contributed by atoms with E-state index in [1.165, 1.54) is 6.42 Å². The second-order valence-corrected chi connectivity index (χ2v) is 4.93. The summed E-state index contributed by atoms with van der Waals surface area (Å²) in [5.41, 5.74) is 0. The zero-order chi connectivity index (χ0) is 10.3. The van der Waals surface area contributed by atoms with Crippen LogP contribution >= 0.6 is 0 Å². The van der Waals surface area contributed by atoms with E-state index < -0.39 is 0 Å². The molecular weight excluding hydrogens is 192 g/mol. The minimum Gasteiger partial charge on any atom is -0.371 e. The first kappa shape index (κ1) is 9.60. The van der Waals surface area contributed by atoms with Crippen LogP contribution in [0.3, 0.4) is 0 Å². The third kappa shape index (κ3) is 1.76. The van der Waals surface area contributed by atoms with E-state index in [9.17, 15) is 4.79 Å². The molecule has 0 aromatic carbocycles. The number of fused-ring (bicyclic) bond motifs is 2. The Hall–Kier alpha value is -0.610. The van der Waals surface area contributed by atoms with Crippen molar-refractivity contribution in [3.8, 4) is 0 Å². The zero-order valence-corrected chi connectivity index (χ0v) is 8.87. The minimum absolute atomic E-state index is 0.0885. The van der Waals surface area contributed by atoms with Gasteiger partial charge in [-0.1, -0.05) is 0 Å². The molecule has 2 N–H and O–H groups in total. The maximum absolute atomic E-state index is 12.0. The van der Waals surface area contributed by atoms with Crippen LogP contribution in [0.25, 0.3) is 0 Å². The van der Waals surface area contributed by atoms with E-state index in [0.29, 0.717) is 6.04 Å². The van der Waals surface area contributed by atoms with E-state index in [0.717, 1.165) is 32.4 Å². The number of ether oxygens (including phenoxy) is 1. The van der Waals surface area contributed by atoms with E-state index >= 15 is 0 Å². The average molecular weight is 210 g/mol. The highest BCUT2D eigenvalue weighted by Crippen LogP contribution is 2.29. The normalized spacial score (nSPS) is 39.9. The van der Waals surface area contributed by atoms with E-state index in [1.807, 2.05) is 0 Å². The van der Waals surface area contributed by atoms with Gasteiger partial charge in [-0.05, 0) is 25.7 Å². The number of rotatable bonds is 2. The summed E-state index contributed by atoms with van der Waals surface area (Å²) in [4.78, 5) is 12.0. The van der Waals surface area contributed by atoms with Crippen molar-refractivity contribution in [1.29, 1.82) is 0 Å². The summed E-state index contributed by atoms with van der Waals surface area (Å²) in [5, 5.41) is 6.43. The Morgan fingerprint density at radius 2 is 2.20 bits per heavy atom. The number of amides is 1. The van der Waals surface area contributed by atoms with Gasteiger partial charge in [0.25, 0.3) is 0 Å². The van der Waals surface area contributed by atoms with Gasteiger partial charge in [0.1, 0.15) is 0 Å². The molecule has 1 amide bonds. The highest BCUT2D eigenvalue weighted by atomic mass is 16.5. The molecule has 4 heteroatoms. The Morgan fingerprint density at radius 1 is 1.33 bits per heavy atom. The smallest absolute Gasteiger partial charge is 0.226 e. The summed E-state index contributed by atoms with van der Waals surface area (Å²) >= 11 is 0. The Labute approximate surface area is 89.7 Å². The molecule has 0 unspecified atom stereocenters. The predicted molar refractivity (Wildman–Crippen MR) is 55.4 cm³/mol. The molecule has 4 nitrogen and oxygen atoms in total. The SMILES string of the molecule is O=C(NC1CCC1)[C@@H]1C[C@H]2CNC[C@@H]1O2. The molecule has 3 aliphatic rings. The third-order valence-corrected chi connectivity index (χ3v) is 3.84. The summed E-state index contributed by atoms with van der Waals surface area (Å²) in [5.74, 6) is 0.307. The molecule has 2 heterocycles. The van der Waals surface area contributed by atoms with Gasteiger partial charge in [-0.25, -0.2) is 0 Å². The third-order valence-electron chi connectivity index (χ3n) is 3.84. The highest BCUT2D eigenvalue weighted by Gasteiger charge is 2.42. The van der Waals surface area contributed by atoms with Crippen LogP contribution in [-0.4, -0.2) is 37.2 Å². The van der Waals surface area contributed by atoms with Gasteiger partial charge in [0.2, 0.25) is 5.91 Å². The average Bonchev–Trinajstić information content (AvgIpc) is 2.47. The molecule has 84 valence electrons. The van der Waals surface area contributed by atoms with Crippen LogP contribution in [0.15, 0.2) is 0 Å². The molecule has 3 atom stereocenters.